The van der Waals surface area contributed by atoms with Crippen molar-refractivity contribution in [1.82, 2.24) is 25.4 Å². The molecule has 0 aliphatic carbocycles. The molecule has 1 atom stereocenters. The van der Waals surface area contributed by atoms with E-state index >= 15 is 0 Å². The third-order valence-corrected chi connectivity index (χ3v) is 4.84. The van der Waals surface area contributed by atoms with Crippen LogP contribution in [0.5, 0.6) is 0 Å². The number of aromatic nitrogens is 4. The molecule has 4 rings (SSSR count). The van der Waals surface area contributed by atoms with E-state index in [1.54, 1.807) is 52.0 Å². The summed E-state index contributed by atoms with van der Waals surface area (Å²) in [6.45, 7) is 6.67. The molecule has 0 radical (unpaired) electrons. The molecule has 1 amide bonds. The van der Waals surface area contributed by atoms with Crippen LogP contribution in [0, 0.1) is 12.7 Å². The second-order valence-corrected chi connectivity index (χ2v) is 7.95. The molecule has 8 nitrogen and oxygen atoms in total. The number of hydrogen-bond donors (Lipinski definition) is 3. The van der Waals surface area contributed by atoms with Gasteiger partial charge in [-0.1, -0.05) is 17.3 Å². The predicted octanol–water partition coefficient (Wildman–Crippen LogP) is 3.78. The summed E-state index contributed by atoms with van der Waals surface area (Å²) >= 11 is 0. The number of carbonyl (C=O) groups is 1. The van der Waals surface area contributed by atoms with Crippen LogP contribution in [0.1, 0.15) is 54.7 Å². The predicted molar refractivity (Wildman–Crippen MR) is 112 cm³/mol. The molecule has 0 aliphatic heterocycles. The Morgan fingerprint density at radius 1 is 1.23 bits per heavy atom. The van der Waals surface area contributed by atoms with E-state index in [4.69, 9.17) is 4.52 Å². The monoisotopic (exact) mass is 423 g/mol. The summed E-state index contributed by atoms with van der Waals surface area (Å²) in [7, 11) is 0. The number of hydrogen-bond acceptors (Lipinski definition) is 6. The molecule has 2 heterocycles. The van der Waals surface area contributed by atoms with Gasteiger partial charge in [-0.2, -0.15) is 4.98 Å². The van der Waals surface area contributed by atoms with Gasteiger partial charge in [0.2, 0.25) is 5.89 Å². The Bertz CT molecular complexity index is 1250. The highest BCUT2D eigenvalue weighted by molar-refractivity contribution is 6.02. The fourth-order valence-corrected chi connectivity index (χ4v) is 3.22. The lowest BCUT2D eigenvalue weighted by Crippen LogP contribution is -2.27. The van der Waals surface area contributed by atoms with Gasteiger partial charge in [0.1, 0.15) is 23.3 Å². The lowest BCUT2D eigenvalue weighted by Gasteiger charge is -2.12. The molecule has 0 saturated heterocycles. The van der Waals surface area contributed by atoms with Crippen LogP contribution in [0.3, 0.4) is 0 Å². The number of aliphatic hydroxyl groups is 1. The molecule has 0 aliphatic rings. The minimum absolute atomic E-state index is 0.302. The Kier molecular flexibility index (Phi) is 5.06. The van der Waals surface area contributed by atoms with Crippen molar-refractivity contribution in [3.8, 4) is 11.1 Å². The molecule has 0 saturated carbocycles. The fourth-order valence-electron chi connectivity index (χ4n) is 3.22. The van der Waals surface area contributed by atoms with Crippen LogP contribution in [0.15, 0.2) is 40.9 Å². The van der Waals surface area contributed by atoms with E-state index in [0.29, 0.717) is 45.3 Å². The van der Waals surface area contributed by atoms with Crippen molar-refractivity contribution in [2.24, 2.45) is 0 Å². The zero-order valence-electron chi connectivity index (χ0n) is 17.5. The Hall–Kier alpha value is -3.59. The molecule has 0 spiro atoms. The molecule has 3 N–H and O–H groups in total. The number of H-pyrrole nitrogens is 1. The van der Waals surface area contributed by atoms with Gasteiger partial charge in [-0.25, -0.2) is 9.37 Å². The van der Waals surface area contributed by atoms with Gasteiger partial charge in [0.25, 0.3) is 5.91 Å². The van der Waals surface area contributed by atoms with Gasteiger partial charge in [0.15, 0.2) is 5.82 Å². The van der Waals surface area contributed by atoms with Crippen LogP contribution >= 0.6 is 0 Å². The molecule has 9 heteroatoms. The largest absolute Gasteiger partial charge is 0.383 e. The van der Waals surface area contributed by atoms with Crippen molar-refractivity contribution in [3.63, 3.8) is 0 Å². The summed E-state index contributed by atoms with van der Waals surface area (Å²) in [5.74, 6) is 0.423. The Balaban J connectivity index is 1.78. The van der Waals surface area contributed by atoms with Crippen molar-refractivity contribution in [1.29, 1.82) is 0 Å². The lowest BCUT2D eigenvalue weighted by atomic mass is 10.0. The van der Waals surface area contributed by atoms with Gasteiger partial charge in [0, 0.05) is 11.1 Å². The third-order valence-electron chi connectivity index (χ3n) is 4.84. The first-order valence-electron chi connectivity index (χ1n) is 9.75. The number of nitrogens with zero attached hydrogens (tertiary/aromatic N) is 3. The average Bonchev–Trinajstić information content (AvgIpc) is 3.34. The molecule has 4 aromatic rings. The third kappa shape index (κ3) is 4.17. The van der Waals surface area contributed by atoms with E-state index in [2.05, 4.69) is 25.4 Å². The average molecular weight is 423 g/mol. The van der Waals surface area contributed by atoms with Gasteiger partial charge in [-0.3, -0.25) is 4.79 Å². The molecule has 31 heavy (non-hydrogen) atoms. The van der Waals surface area contributed by atoms with Crippen molar-refractivity contribution in [2.45, 2.75) is 39.3 Å². The van der Waals surface area contributed by atoms with Crippen LogP contribution in [0.2, 0.25) is 0 Å². The lowest BCUT2D eigenvalue weighted by molar-refractivity contribution is 0.0700. The summed E-state index contributed by atoms with van der Waals surface area (Å²) in [6, 6.07) is 8.78. The van der Waals surface area contributed by atoms with Crippen LogP contribution in [0.4, 0.5) is 4.39 Å². The van der Waals surface area contributed by atoms with Crippen molar-refractivity contribution < 1.29 is 18.8 Å². The molecule has 2 aromatic heterocycles. The summed E-state index contributed by atoms with van der Waals surface area (Å²) in [6.07, 6.45) is 0. The summed E-state index contributed by atoms with van der Waals surface area (Å²) in [5.41, 5.74) is 1.63. The first-order chi connectivity index (χ1) is 14.6. The van der Waals surface area contributed by atoms with Gasteiger partial charge < -0.3 is 19.9 Å². The molecule has 0 fully saturated rings. The molecule has 0 unspecified atom stereocenters. The van der Waals surface area contributed by atoms with Crippen molar-refractivity contribution in [3.05, 3.63) is 65.3 Å². The van der Waals surface area contributed by atoms with E-state index in [-0.39, 0.29) is 11.7 Å². The number of halogens is 1. The second-order valence-electron chi connectivity index (χ2n) is 7.95. The molecular formula is C22H22FN5O3. The van der Waals surface area contributed by atoms with Gasteiger partial charge in [-0.15, -0.1) is 0 Å². The van der Waals surface area contributed by atoms with Crippen LogP contribution in [0.25, 0.3) is 22.2 Å². The Labute approximate surface area is 177 Å². The maximum absolute atomic E-state index is 13.5. The van der Waals surface area contributed by atoms with E-state index in [1.165, 1.54) is 12.1 Å². The number of aromatic amines is 1. The zero-order chi connectivity index (χ0) is 22.3. The minimum atomic E-state index is -1.20. The second kappa shape index (κ2) is 7.59. The number of aryl methyl sites for hydroxylation is 1. The fraction of sp³-hybridized carbons (Fsp3) is 0.273. The van der Waals surface area contributed by atoms with E-state index in [1.807, 2.05) is 0 Å². The normalized spacial score (nSPS) is 12.8. The topological polar surface area (TPSA) is 117 Å². The Morgan fingerprint density at radius 2 is 1.94 bits per heavy atom. The maximum Gasteiger partial charge on any atom is 0.252 e. The minimum Gasteiger partial charge on any atom is -0.383 e. The van der Waals surface area contributed by atoms with Gasteiger partial charge in [0.05, 0.1) is 11.0 Å². The molecular weight excluding hydrogens is 401 g/mol. The molecule has 160 valence electrons. The number of imidazole rings is 1. The van der Waals surface area contributed by atoms with E-state index < -0.39 is 11.6 Å². The first kappa shape index (κ1) is 20.7. The smallest absolute Gasteiger partial charge is 0.252 e. The quantitative estimate of drug-likeness (QED) is 0.450. The van der Waals surface area contributed by atoms with Crippen molar-refractivity contribution >= 4 is 16.9 Å². The number of rotatable bonds is 5. The Morgan fingerprint density at radius 3 is 2.55 bits per heavy atom. The summed E-state index contributed by atoms with van der Waals surface area (Å²) in [5, 5.41) is 16.9. The highest BCUT2D eigenvalue weighted by Gasteiger charge is 2.24. The summed E-state index contributed by atoms with van der Waals surface area (Å²) < 4.78 is 18.6. The highest BCUT2D eigenvalue weighted by atomic mass is 19.1. The number of amides is 1. The summed E-state index contributed by atoms with van der Waals surface area (Å²) in [4.78, 5) is 24.7. The molecule has 2 aromatic carbocycles. The van der Waals surface area contributed by atoms with Crippen LogP contribution in [-0.4, -0.2) is 31.1 Å². The first-order valence-corrected chi connectivity index (χ1v) is 9.75. The van der Waals surface area contributed by atoms with E-state index in [9.17, 15) is 14.3 Å². The van der Waals surface area contributed by atoms with Gasteiger partial charge in [-0.05, 0) is 57.5 Å². The van der Waals surface area contributed by atoms with Crippen LogP contribution < -0.4 is 5.32 Å². The number of benzene rings is 2. The van der Waals surface area contributed by atoms with Crippen LogP contribution in [-0.2, 0) is 5.60 Å². The number of carbonyl (C=O) groups excluding carboxylic acids is 1. The number of nitrogens with one attached hydrogen (secondary N) is 2. The number of fused-ring (bicyclic) bond motifs is 1. The SMILES string of the molecule is Cc1noc([C@@H](C)NC(=O)c2cc(-c3ccc(F)cc3)c3nc(C(C)(C)O)[nH]c3c2)n1. The highest BCUT2D eigenvalue weighted by Crippen LogP contribution is 2.31. The standard InChI is InChI=1S/C22H22FN5O3/c1-11(20-25-12(2)28-31-20)24-19(29)14-9-16(13-5-7-15(23)8-6-13)18-17(10-14)26-21(27-18)22(3,4)30/h5-11,30H,1-4H3,(H,24,29)(H,26,27)/t11-/m1/s1. The maximum atomic E-state index is 13.5. The van der Waals surface area contributed by atoms with E-state index in [0.717, 1.165) is 0 Å². The zero-order valence-corrected chi connectivity index (χ0v) is 17.5. The van der Waals surface area contributed by atoms with Gasteiger partial charge >= 0.3 is 0 Å². The van der Waals surface area contributed by atoms with Crippen molar-refractivity contribution in [2.75, 3.05) is 0 Å². The molecule has 0 bridgehead atoms.